The number of amides is 1. The first-order chi connectivity index (χ1) is 19.5. The topological polar surface area (TPSA) is 101 Å². The van der Waals surface area contributed by atoms with Crippen molar-refractivity contribution in [3.8, 4) is 0 Å². The van der Waals surface area contributed by atoms with Crippen LogP contribution >= 0.6 is 11.3 Å². The Morgan fingerprint density at radius 3 is 2.95 bits per heavy atom. The smallest absolute Gasteiger partial charge is 0.246 e. The molecule has 4 aromatic heterocycles. The van der Waals surface area contributed by atoms with Gasteiger partial charge in [0.2, 0.25) is 5.91 Å². The summed E-state index contributed by atoms with van der Waals surface area (Å²) in [5.74, 6) is 1.43. The fourth-order valence-electron chi connectivity index (χ4n) is 5.00. The molecular weight excluding hydrogens is 520 g/mol. The first kappa shape index (κ1) is 26.1. The molecule has 6 rings (SSSR count). The summed E-state index contributed by atoms with van der Waals surface area (Å²) < 4.78 is 1.96. The average molecular weight is 553 g/mol. The molecule has 10 heteroatoms. The number of carbonyl (C=O) groups excluding carboxylic acids is 1. The molecular formula is C30H32N8OS. The van der Waals surface area contributed by atoms with Crippen molar-refractivity contribution in [2.24, 2.45) is 5.92 Å². The number of hydrogen-bond donors (Lipinski definition) is 2. The van der Waals surface area contributed by atoms with Gasteiger partial charge < -0.3 is 15.5 Å². The van der Waals surface area contributed by atoms with Crippen LogP contribution in [-0.2, 0) is 24.3 Å². The van der Waals surface area contributed by atoms with E-state index < -0.39 is 0 Å². The highest BCUT2D eigenvalue weighted by molar-refractivity contribution is 7.19. The molecule has 1 aromatic carbocycles. The van der Waals surface area contributed by atoms with E-state index in [4.69, 9.17) is 0 Å². The van der Waals surface area contributed by atoms with Crippen molar-refractivity contribution >= 4 is 49.9 Å². The highest BCUT2D eigenvalue weighted by Gasteiger charge is 2.25. The van der Waals surface area contributed by atoms with Crippen molar-refractivity contribution in [2.45, 2.75) is 33.4 Å². The molecule has 1 amide bonds. The van der Waals surface area contributed by atoms with Crippen LogP contribution in [-0.4, -0.2) is 55.2 Å². The number of fused-ring (bicyclic) bond motifs is 4. The van der Waals surface area contributed by atoms with Gasteiger partial charge in [-0.25, -0.2) is 9.97 Å². The first-order valence-corrected chi connectivity index (χ1v) is 14.4. The van der Waals surface area contributed by atoms with Gasteiger partial charge >= 0.3 is 0 Å². The second kappa shape index (κ2) is 11.5. The molecule has 0 aliphatic carbocycles. The van der Waals surface area contributed by atoms with Crippen LogP contribution in [0.15, 0.2) is 67.3 Å². The molecule has 0 saturated carbocycles. The Morgan fingerprint density at radius 2 is 2.10 bits per heavy atom. The zero-order chi connectivity index (χ0) is 27.5. The van der Waals surface area contributed by atoms with Crippen molar-refractivity contribution in [1.29, 1.82) is 0 Å². The van der Waals surface area contributed by atoms with E-state index in [0.29, 0.717) is 32.1 Å². The maximum atomic E-state index is 12.8. The van der Waals surface area contributed by atoms with Crippen molar-refractivity contribution < 1.29 is 4.79 Å². The Labute approximate surface area is 237 Å². The molecule has 0 fully saturated rings. The van der Waals surface area contributed by atoms with Crippen molar-refractivity contribution in [2.75, 3.05) is 25.0 Å². The molecule has 0 saturated heterocycles. The summed E-state index contributed by atoms with van der Waals surface area (Å²) in [5, 5.41) is 13.5. The second-order valence-electron chi connectivity index (χ2n) is 10.4. The number of pyridine rings is 1. The fourth-order valence-corrected chi connectivity index (χ4v) is 6.21. The summed E-state index contributed by atoms with van der Waals surface area (Å²) in [6, 6.07) is 12.1. The van der Waals surface area contributed by atoms with E-state index in [1.54, 1.807) is 29.9 Å². The largest absolute Gasteiger partial charge is 0.340 e. The number of benzene rings is 1. The van der Waals surface area contributed by atoms with Gasteiger partial charge in [-0.15, -0.1) is 11.3 Å². The Hall–Kier alpha value is -4.15. The van der Waals surface area contributed by atoms with Gasteiger partial charge in [-0.1, -0.05) is 26.0 Å². The quantitative estimate of drug-likeness (QED) is 0.198. The summed E-state index contributed by atoms with van der Waals surface area (Å²) in [6.07, 6.45) is 9.67. The number of thiophene rings is 1. The van der Waals surface area contributed by atoms with E-state index in [1.807, 2.05) is 40.1 Å². The van der Waals surface area contributed by atoms with Gasteiger partial charge in [0.05, 0.1) is 35.9 Å². The molecule has 5 heterocycles. The maximum Gasteiger partial charge on any atom is 0.246 e. The minimum absolute atomic E-state index is 0.0516. The second-order valence-corrected chi connectivity index (χ2v) is 11.5. The van der Waals surface area contributed by atoms with E-state index >= 15 is 0 Å². The summed E-state index contributed by atoms with van der Waals surface area (Å²) in [5.41, 5.74) is 4.19. The lowest BCUT2D eigenvalue weighted by Gasteiger charge is -2.26. The number of hydrogen-bond acceptors (Lipinski definition) is 8. The van der Waals surface area contributed by atoms with Crippen molar-refractivity contribution in [3.63, 3.8) is 0 Å². The third kappa shape index (κ3) is 5.59. The summed E-state index contributed by atoms with van der Waals surface area (Å²) in [7, 11) is 0. The molecule has 204 valence electrons. The van der Waals surface area contributed by atoms with Gasteiger partial charge in [0, 0.05) is 41.3 Å². The normalized spacial score (nSPS) is 13.5. The van der Waals surface area contributed by atoms with Crippen LogP contribution in [0.3, 0.4) is 0 Å². The fraction of sp³-hybridized carbons (Fsp3) is 0.300. The van der Waals surface area contributed by atoms with Gasteiger partial charge in [0.1, 0.15) is 17.0 Å². The van der Waals surface area contributed by atoms with E-state index in [0.717, 1.165) is 51.3 Å². The SMILES string of the molecule is CC(C)CNCC=CC(=O)N1CCc2c(sc3ncnc(Nc4ccc5c(cnn5Cc5ccccn5)c4)c23)C1. The Morgan fingerprint density at radius 1 is 1.18 bits per heavy atom. The van der Waals surface area contributed by atoms with Crippen LogP contribution in [0.4, 0.5) is 11.5 Å². The Kier molecular flexibility index (Phi) is 7.52. The van der Waals surface area contributed by atoms with Gasteiger partial charge in [0.15, 0.2) is 0 Å². The van der Waals surface area contributed by atoms with Gasteiger partial charge in [-0.3, -0.25) is 14.5 Å². The molecule has 40 heavy (non-hydrogen) atoms. The summed E-state index contributed by atoms with van der Waals surface area (Å²) >= 11 is 1.65. The molecule has 2 N–H and O–H groups in total. The number of aromatic nitrogens is 5. The minimum Gasteiger partial charge on any atom is -0.340 e. The number of carbonyl (C=O) groups is 1. The zero-order valence-electron chi connectivity index (χ0n) is 22.7. The molecule has 1 aliphatic heterocycles. The number of nitrogens with zero attached hydrogens (tertiary/aromatic N) is 6. The van der Waals surface area contributed by atoms with Crippen molar-refractivity contribution in [3.05, 3.63) is 83.4 Å². The molecule has 0 unspecified atom stereocenters. The lowest BCUT2D eigenvalue weighted by molar-refractivity contribution is -0.126. The standard InChI is InChI=1S/C30H32N8OS/c1-20(2)15-31-11-5-7-27(39)37-13-10-24-26(18-37)40-30-28(24)29(33-19-34-30)36-22-8-9-25-21(14-22)16-35-38(25)17-23-6-3-4-12-32-23/h3-9,12,14,16,19-20,31H,10-11,13,15,17-18H2,1-2H3,(H,33,34,36). The van der Waals surface area contributed by atoms with Crippen LogP contribution in [0.5, 0.6) is 0 Å². The summed E-state index contributed by atoms with van der Waals surface area (Å²) in [4.78, 5) is 30.4. The molecule has 5 aromatic rings. The Balaban J connectivity index is 1.18. The van der Waals surface area contributed by atoms with Gasteiger partial charge in [0.25, 0.3) is 0 Å². The van der Waals surface area contributed by atoms with Gasteiger partial charge in [-0.2, -0.15) is 5.10 Å². The lowest BCUT2D eigenvalue weighted by atomic mass is 10.0. The van der Waals surface area contributed by atoms with Gasteiger partial charge in [-0.05, 0) is 54.8 Å². The predicted octanol–water partition coefficient (Wildman–Crippen LogP) is 4.91. The molecule has 0 spiro atoms. The number of nitrogens with one attached hydrogen (secondary N) is 2. The van der Waals surface area contributed by atoms with Crippen LogP contribution in [0, 0.1) is 5.92 Å². The molecule has 0 atom stereocenters. The molecule has 9 nitrogen and oxygen atoms in total. The average Bonchev–Trinajstić information content (AvgIpc) is 3.54. The van der Waals surface area contributed by atoms with E-state index in [1.165, 1.54) is 10.4 Å². The highest BCUT2D eigenvalue weighted by atomic mass is 32.1. The minimum atomic E-state index is 0.0516. The van der Waals surface area contributed by atoms with Crippen LogP contribution < -0.4 is 10.6 Å². The molecule has 1 aliphatic rings. The molecule has 0 radical (unpaired) electrons. The van der Waals surface area contributed by atoms with Crippen LogP contribution in [0.2, 0.25) is 0 Å². The van der Waals surface area contributed by atoms with E-state index in [-0.39, 0.29) is 5.91 Å². The predicted molar refractivity (Wildman–Crippen MR) is 160 cm³/mol. The van der Waals surface area contributed by atoms with Crippen LogP contribution in [0.25, 0.3) is 21.1 Å². The molecule has 0 bridgehead atoms. The highest BCUT2D eigenvalue weighted by Crippen LogP contribution is 2.38. The zero-order valence-corrected chi connectivity index (χ0v) is 23.5. The van der Waals surface area contributed by atoms with Crippen LogP contribution in [0.1, 0.15) is 30.0 Å². The van der Waals surface area contributed by atoms with E-state index in [9.17, 15) is 4.79 Å². The third-order valence-electron chi connectivity index (χ3n) is 6.97. The number of rotatable bonds is 9. The van der Waals surface area contributed by atoms with E-state index in [2.05, 4.69) is 62.7 Å². The monoisotopic (exact) mass is 552 g/mol. The lowest BCUT2D eigenvalue weighted by Crippen LogP contribution is -2.34. The third-order valence-corrected chi connectivity index (χ3v) is 8.09. The maximum absolute atomic E-state index is 12.8. The first-order valence-electron chi connectivity index (χ1n) is 13.6. The number of anilines is 2. The summed E-state index contributed by atoms with van der Waals surface area (Å²) in [6.45, 7) is 7.87. The Bertz CT molecular complexity index is 1670. The van der Waals surface area contributed by atoms with Crippen molar-refractivity contribution in [1.82, 2.24) is 34.9 Å².